The SMILES string of the molecule is c1ccc(Sc2ccc(N3CCNCC3)cc2)nc1. The third-order valence-corrected chi connectivity index (χ3v) is 4.14. The number of anilines is 1. The molecule has 0 unspecified atom stereocenters. The summed E-state index contributed by atoms with van der Waals surface area (Å²) in [6.07, 6.45) is 1.83. The molecule has 4 heteroatoms. The third kappa shape index (κ3) is 3.28. The van der Waals surface area contributed by atoms with Crippen molar-refractivity contribution in [3.05, 3.63) is 48.7 Å². The van der Waals surface area contributed by atoms with Gasteiger partial charge in [0.15, 0.2) is 0 Å². The van der Waals surface area contributed by atoms with Crippen LogP contribution < -0.4 is 10.2 Å². The molecule has 19 heavy (non-hydrogen) atoms. The summed E-state index contributed by atoms with van der Waals surface area (Å²) in [6.45, 7) is 4.33. The number of piperazine rings is 1. The predicted molar refractivity (Wildman–Crippen MR) is 79.9 cm³/mol. The van der Waals surface area contributed by atoms with Gasteiger partial charge in [-0.2, -0.15) is 0 Å². The lowest BCUT2D eigenvalue weighted by atomic mass is 10.2. The van der Waals surface area contributed by atoms with E-state index in [4.69, 9.17) is 0 Å². The van der Waals surface area contributed by atoms with Gasteiger partial charge >= 0.3 is 0 Å². The Labute approximate surface area is 118 Å². The summed E-state index contributed by atoms with van der Waals surface area (Å²) in [5, 5.41) is 4.41. The molecular weight excluding hydrogens is 254 g/mol. The standard InChI is InChI=1S/C15H17N3S/c1-2-8-17-15(3-1)19-14-6-4-13(5-7-14)18-11-9-16-10-12-18/h1-8,16H,9-12H2. The van der Waals surface area contributed by atoms with Gasteiger partial charge in [0.2, 0.25) is 0 Å². The molecule has 2 heterocycles. The predicted octanol–water partition coefficient (Wildman–Crippen LogP) is 2.64. The van der Waals surface area contributed by atoms with Crippen LogP contribution in [-0.2, 0) is 0 Å². The number of aromatic nitrogens is 1. The number of nitrogens with zero attached hydrogens (tertiary/aromatic N) is 2. The van der Waals surface area contributed by atoms with Crippen LogP contribution in [0.1, 0.15) is 0 Å². The van der Waals surface area contributed by atoms with Gasteiger partial charge < -0.3 is 10.2 Å². The van der Waals surface area contributed by atoms with E-state index in [-0.39, 0.29) is 0 Å². The van der Waals surface area contributed by atoms with Gasteiger partial charge in [0, 0.05) is 43.0 Å². The van der Waals surface area contributed by atoms with Crippen LogP contribution in [0.2, 0.25) is 0 Å². The maximum absolute atomic E-state index is 4.33. The van der Waals surface area contributed by atoms with Crippen LogP contribution in [0.25, 0.3) is 0 Å². The molecule has 0 radical (unpaired) electrons. The van der Waals surface area contributed by atoms with E-state index in [1.54, 1.807) is 11.8 Å². The maximum atomic E-state index is 4.33. The number of benzene rings is 1. The van der Waals surface area contributed by atoms with Crippen molar-refractivity contribution >= 4 is 17.4 Å². The van der Waals surface area contributed by atoms with E-state index in [1.807, 2.05) is 24.4 Å². The van der Waals surface area contributed by atoms with E-state index >= 15 is 0 Å². The quantitative estimate of drug-likeness (QED) is 0.929. The monoisotopic (exact) mass is 271 g/mol. The Kier molecular flexibility index (Phi) is 4.01. The van der Waals surface area contributed by atoms with Crippen LogP contribution in [0.5, 0.6) is 0 Å². The highest BCUT2D eigenvalue weighted by molar-refractivity contribution is 7.99. The molecule has 1 aliphatic heterocycles. The van der Waals surface area contributed by atoms with Gasteiger partial charge in [-0.25, -0.2) is 4.98 Å². The van der Waals surface area contributed by atoms with Crippen molar-refractivity contribution in [1.82, 2.24) is 10.3 Å². The summed E-state index contributed by atoms with van der Waals surface area (Å²) >= 11 is 1.70. The van der Waals surface area contributed by atoms with Gasteiger partial charge in [0.05, 0.1) is 0 Å². The van der Waals surface area contributed by atoms with E-state index in [0.717, 1.165) is 31.2 Å². The molecule has 0 saturated carbocycles. The summed E-state index contributed by atoms with van der Waals surface area (Å²) in [7, 11) is 0. The fraction of sp³-hybridized carbons (Fsp3) is 0.267. The molecule has 3 rings (SSSR count). The Balaban J connectivity index is 1.68. The molecule has 3 nitrogen and oxygen atoms in total. The highest BCUT2D eigenvalue weighted by Crippen LogP contribution is 2.27. The van der Waals surface area contributed by atoms with Crippen molar-refractivity contribution < 1.29 is 0 Å². The molecule has 1 aromatic carbocycles. The lowest BCUT2D eigenvalue weighted by molar-refractivity contribution is 0.589. The van der Waals surface area contributed by atoms with Crippen molar-refractivity contribution in [3.8, 4) is 0 Å². The molecular formula is C15H17N3S. The van der Waals surface area contributed by atoms with Gasteiger partial charge in [-0.15, -0.1) is 0 Å². The first-order valence-electron chi connectivity index (χ1n) is 6.56. The minimum absolute atomic E-state index is 1.04. The van der Waals surface area contributed by atoms with Gasteiger partial charge in [-0.05, 0) is 36.4 Å². The van der Waals surface area contributed by atoms with E-state index in [1.165, 1.54) is 10.6 Å². The van der Waals surface area contributed by atoms with Gasteiger partial charge in [-0.1, -0.05) is 17.8 Å². The zero-order chi connectivity index (χ0) is 12.9. The summed E-state index contributed by atoms with van der Waals surface area (Å²) in [5.74, 6) is 0. The smallest absolute Gasteiger partial charge is 0.101 e. The van der Waals surface area contributed by atoms with Crippen LogP contribution in [0.15, 0.2) is 58.6 Å². The fourth-order valence-electron chi connectivity index (χ4n) is 2.18. The molecule has 1 saturated heterocycles. The Morgan fingerprint density at radius 2 is 1.79 bits per heavy atom. The molecule has 1 fully saturated rings. The number of hydrogen-bond donors (Lipinski definition) is 1. The average molecular weight is 271 g/mol. The minimum atomic E-state index is 1.04. The molecule has 0 aliphatic carbocycles. The molecule has 1 N–H and O–H groups in total. The maximum Gasteiger partial charge on any atom is 0.101 e. The van der Waals surface area contributed by atoms with E-state index in [9.17, 15) is 0 Å². The number of pyridine rings is 1. The molecule has 98 valence electrons. The Bertz CT molecular complexity index is 507. The fourth-order valence-corrected chi connectivity index (χ4v) is 2.95. The second-order valence-corrected chi connectivity index (χ2v) is 5.59. The second kappa shape index (κ2) is 6.08. The number of hydrogen-bond acceptors (Lipinski definition) is 4. The van der Waals surface area contributed by atoms with Gasteiger partial charge in [0.1, 0.15) is 5.03 Å². The summed E-state index contributed by atoms with van der Waals surface area (Å²) in [4.78, 5) is 7.99. The highest BCUT2D eigenvalue weighted by Gasteiger charge is 2.10. The largest absolute Gasteiger partial charge is 0.369 e. The van der Waals surface area contributed by atoms with E-state index in [2.05, 4.69) is 39.5 Å². The van der Waals surface area contributed by atoms with E-state index in [0.29, 0.717) is 0 Å². The normalized spacial score (nSPS) is 15.5. The summed E-state index contributed by atoms with van der Waals surface area (Å²) < 4.78 is 0. The lowest BCUT2D eigenvalue weighted by Crippen LogP contribution is -2.43. The Hall–Kier alpha value is -1.52. The first-order chi connectivity index (χ1) is 9.42. The average Bonchev–Trinajstić information content (AvgIpc) is 2.50. The van der Waals surface area contributed by atoms with Crippen LogP contribution in [0, 0.1) is 0 Å². The Morgan fingerprint density at radius 3 is 2.47 bits per heavy atom. The molecule has 0 spiro atoms. The molecule has 2 aromatic rings. The van der Waals surface area contributed by atoms with Crippen LogP contribution >= 0.6 is 11.8 Å². The van der Waals surface area contributed by atoms with Crippen LogP contribution in [-0.4, -0.2) is 31.2 Å². The first-order valence-corrected chi connectivity index (χ1v) is 7.38. The highest BCUT2D eigenvalue weighted by atomic mass is 32.2. The van der Waals surface area contributed by atoms with Crippen molar-refractivity contribution in [3.63, 3.8) is 0 Å². The molecule has 0 amide bonds. The second-order valence-electron chi connectivity index (χ2n) is 4.50. The summed E-state index contributed by atoms with van der Waals surface area (Å²) in [5.41, 5.74) is 1.31. The molecule has 1 aromatic heterocycles. The molecule has 0 atom stereocenters. The third-order valence-electron chi connectivity index (χ3n) is 3.18. The van der Waals surface area contributed by atoms with Crippen LogP contribution in [0.4, 0.5) is 5.69 Å². The van der Waals surface area contributed by atoms with Crippen molar-refractivity contribution in [1.29, 1.82) is 0 Å². The molecule has 0 bridgehead atoms. The number of nitrogens with one attached hydrogen (secondary N) is 1. The lowest BCUT2D eigenvalue weighted by Gasteiger charge is -2.29. The van der Waals surface area contributed by atoms with Gasteiger partial charge in [0.25, 0.3) is 0 Å². The van der Waals surface area contributed by atoms with E-state index < -0.39 is 0 Å². The van der Waals surface area contributed by atoms with Crippen molar-refractivity contribution in [2.45, 2.75) is 9.92 Å². The first kappa shape index (κ1) is 12.5. The van der Waals surface area contributed by atoms with Crippen molar-refractivity contribution in [2.75, 3.05) is 31.1 Å². The summed E-state index contributed by atoms with van der Waals surface area (Å²) in [6, 6.07) is 14.8. The minimum Gasteiger partial charge on any atom is -0.369 e. The van der Waals surface area contributed by atoms with Crippen LogP contribution in [0.3, 0.4) is 0 Å². The Morgan fingerprint density at radius 1 is 1.00 bits per heavy atom. The number of rotatable bonds is 3. The topological polar surface area (TPSA) is 28.2 Å². The zero-order valence-electron chi connectivity index (χ0n) is 10.7. The van der Waals surface area contributed by atoms with Gasteiger partial charge in [-0.3, -0.25) is 0 Å². The van der Waals surface area contributed by atoms with Crippen molar-refractivity contribution in [2.24, 2.45) is 0 Å². The zero-order valence-corrected chi connectivity index (χ0v) is 11.6. The molecule has 1 aliphatic rings.